The van der Waals surface area contributed by atoms with Crippen molar-refractivity contribution in [3.63, 3.8) is 0 Å². The van der Waals surface area contributed by atoms with E-state index in [4.69, 9.17) is 10.5 Å². The Morgan fingerprint density at radius 2 is 2.41 bits per heavy atom. The van der Waals surface area contributed by atoms with Crippen LogP contribution in [0.25, 0.3) is 0 Å². The first-order valence-electron chi connectivity index (χ1n) is 5.35. The molecule has 1 aromatic rings. The summed E-state index contributed by atoms with van der Waals surface area (Å²) in [5.41, 5.74) is 3.81. The Bertz CT molecular complexity index is 436. The van der Waals surface area contributed by atoms with Crippen LogP contribution >= 0.6 is 11.3 Å². The molecule has 1 aromatic heterocycles. The van der Waals surface area contributed by atoms with E-state index in [2.05, 4.69) is 16.6 Å². The topological polar surface area (TPSA) is 72.0 Å². The number of hydrazone groups is 1. The van der Waals surface area contributed by atoms with Crippen LogP contribution in [0, 0.1) is 28.6 Å². The fourth-order valence-electron chi connectivity index (χ4n) is 1.26. The quantitative estimate of drug-likeness (QED) is 0.619. The van der Waals surface area contributed by atoms with Crippen molar-refractivity contribution in [2.24, 2.45) is 11.0 Å². The van der Waals surface area contributed by atoms with Crippen LogP contribution in [0.15, 0.2) is 22.6 Å². The molecule has 0 saturated heterocycles. The minimum atomic E-state index is -0.158. The van der Waals surface area contributed by atoms with E-state index < -0.39 is 0 Å². The first kappa shape index (κ1) is 13.2. The van der Waals surface area contributed by atoms with Gasteiger partial charge in [-0.1, -0.05) is 6.07 Å². The van der Waals surface area contributed by atoms with Crippen molar-refractivity contribution < 1.29 is 0 Å². The number of nitrogens with zero attached hydrogens (tertiary/aromatic N) is 3. The molecule has 4 nitrogen and oxygen atoms in total. The van der Waals surface area contributed by atoms with Crippen molar-refractivity contribution in [3.8, 4) is 12.1 Å². The van der Waals surface area contributed by atoms with E-state index in [1.807, 2.05) is 30.5 Å². The number of thiophene rings is 1. The minimum absolute atomic E-state index is 0.158. The average molecular weight is 246 g/mol. The lowest BCUT2D eigenvalue weighted by atomic mass is 10.1. The summed E-state index contributed by atoms with van der Waals surface area (Å²) in [6.45, 7) is 2.41. The van der Waals surface area contributed by atoms with E-state index >= 15 is 0 Å². The molecular formula is C12H14N4S. The molecule has 17 heavy (non-hydrogen) atoms. The lowest BCUT2D eigenvalue weighted by Gasteiger charge is -2.06. The third kappa shape index (κ3) is 4.67. The Morgan fingerprint density at radius 1 is 1.59 bits per heavy atom. The zero-order valence-electron chi connectivity index (χ0n) is 9.68. The Labute approximate surface area is 105 Å². The number of hydrogen-bond acceptors (Lipinski definition) is 5. The molecule has 0 bridgehead atoms. The van der Waals surface area contributed by atoms with Crippen LogP contribution in [0.1, 0.15) is 24.6 Å². The normalized spacial score (nSPS) is 12.5. The summed E-state index contributed by atoms with van der Waals surface area (Å²) in [7, 11) is 0. The molecule has 0 aliphatic rings. The Morgan fingerprint density at radius 3 is 3.00 bits per heavy atom. The summed E-state index contributed by atoms with van der Waals surface area (Å²) in [4.78, 5) is 1.11. The smallest absolute Gasteiger partial charge is 0.0743 e. The summed E-state index contributed by atoms with van der Waals surface area (Å²) in [5, 5.41) is 23.5. The van der Waals surface area contributed by atoms with Crippen LogP contribution in [-0.2, 0) is 0 Å². The molecule has 1 unspecified atom stereocenters. The maximum atomic E-state index is 8.86. The molecule has 5 heteroatoms. The van der Waals surface area contributed by atoms with E-state index in [1.165, 1.54) is 0 Å². The van der Waals surface area contributed by atoms with Crippen molar-refractivity contribution in [2.45, 2.75) is 19.8 Å². The molecule has 1 N–H and O–H groups in total. The zero-order valence-corrected chi connectivity index (χ0v) is 10.5. The molecule has 0 saturated carbocycles. The van der Waals surface area contributed by atoms with Gasteiger partial charge in [0.1, 0.15) is 0 Å². The van der Waals surface area contributed by atoms with Gasteiger partial charge in [0, 0.05) is 17.8 Å². The molecule has 0 amide bonds. The van der Waals surface area contributed by atoms with Crippen molar-refractivity contribution in [1.82, 2.24) is 5.43 Å². The van der Waals surface area contributed by atoms with Crippen molar-refractivity contribution in [3.05, 3.63) is 22.4 Å². The highest BCUT2D eigenvalue weighted by Gasteiger charge is 2.06. The maximum absolute atomic E-state index is 8.86. The van der Waals surface area contributed by atoms with Crippen LogP contribution in [0.2, 0.25) is 0 Å². The number of hydrogen-bond donors (Lipinski definition) is 1. The third-order valence-electron chi connectivity index (χ3n) is 2.25. The first-order valence-corrected chi connectivity index (χ1v) is 6.23. The van der Waals surface area contributed by atoms with E-state index in [-0.39, 0.29) is 5.92 Å². The van der Waals surface area contributed by atoms with Gasteiger partial charge in [-0.3, -0.25) is 0 Å². The minimum Gasteiger partial charge on any atom is -0.308 e. The highest BCUT2D eigenvalue weighted by Crippen LogP contribution is 2.09. The van der Waals surface area contributed by atoms with Crippen molar-refractivity contribution in [1.29, 1.82) is 10.5 Å². The van der Waals surface area contributed by atoms with Gasteiger partial charge in [-0.15, -0.1) is 11.3 Å². The number of rotatable bonds is 6. The molecule has 0 aliphatic heterocycles. The summed E-state index contributed by atoms with van der Waals surface area (Å²) in [6, 6.07) is 8.18. The molecule has 1 atom stereocenters. The summed E-state index contributed by atoms with van der Waals surface area (Å²) >= 11 is 1.63. The van der Waals surface area contributed by atoms with Crippen LogP contribution in [0.3, 0.4) is 0 Å². The van der Waals surface area contributed by atoms with Gasteiger partial charge in [-0.25, -0.2) is 0 Å². The lowest BCUT2D eigenvalue weighted by Crippen LogP contribution is -2.18. The fourth-order valence-corrected chi connectivity index (χ4v) is 1.94. The van der Waals surface area contributed by atoms with Gasteiger partial charge in [-0.2, -0.15) is 15.6 Å². The average Bonchev–Trinajstić information content (AvgIpc) is 2.87. The van der Waals surface area contributed by atoms with Gasteiger partial charge in [0.05, 0.1) is 23.8 Å². The molecule has 88 valence electrons. The summed E-state index contributed by atoms with van der Waals surface area (Å²) in [6.07, 6.45) is 1.00. The van der Waals surface area contributed by atoms with Gasteiger partial charge in [-0.05, 0) is 24.8 Å². The second-order valence-corrected chi connectivity index (χ2v) is 4.51. The van der Waals surface area contributed by atoms with Gasteiger partial charge in [0.2, 0.25) is 0 Å². The third-order valence-corrected chi connectivity index (χ3v) is 3.23. The SMILES string of the molecule is CC(=NNCC(C#N)CCC#N)c1cccs1. The zero-order chi connectivity index (χ0) is 12.5. The second-order valence-electron chi connectivity index (χ2n) is 3.56. The van der Waals surface area contributed by atoms with E-state index in [0.29, 0.717) is 19.4 Å². The van der Waals surface area contributed by atoms with Gasteiger partial charge in [0.25, 0.3) is 0 Å². The van der Waals surface area contributed by atoms with E-state index in [1.54, 1.807) is 11.3 Å². The molecule has 0 aromatic carbocycles. The lowest BCUT2D eigenvalue weighted by molar-refractivity contribution is 0.553. The van der Waals surface area contributed by atoms with Crippen LogP contribution in [0.4, 0.5) is 0 Å². The Balaban J connectivity index is 2.38. The first-order chi connectivity index (χ1) is 8.27. The number of nitriles is 2. The highest BCUT2D eigenvalue weighted by molar-refractivity contribution is 7.12. The summed E-state index contributed by atoms with van der Waals surface area (Å²) in [5.74, 6) is -0.158. The monoisotopic (exact) mass is 246 g/mol. The largest absolute Gasteiger partial charge is 0.308 e. The van der Waals surface area contributed by atoms with Gasteiger partial charge in [0.15, 0.2) is 0 Å². The molecule has 1 heterocycles. The van der Waals surface area contributed by atoms with Crippen molar-refractivity contribution in [2.75, 3.05) is 6.54 Å². The molecule has 1 rings (SSSR count). The van der Waals surface area contributed by atoms with Gasteiger partial charge >= 0.3 is 0 Å². The number of nitrogens with one attached hydrogen (secondary N) is 1. The predicted octanol–water partition coefficient (Wildman–Crippen LogP) is 2.51. The van der Waals surface area contributed by atoms with Crippen LogP contribution < -0.4 is 5.43 Å². The maximum Gasteiger partial charge on any atom is 0.0743 e. The molecular weight excluding hydrogens is 232 g/mol. The highest BCUT2D eigenvalue weighted by atomic mass is 32.1. The summed E-state index contributed by atoms with van der Waals surface area (Å²) < 4.78 is 0. The Hall–Kier alpha value is -1.85. The van der Waals surface area contributed by atoms with E-state index in [9.17, 15) is 0 Å². The molecule has 0 fully saturated rings. The standard InChI is InChI=1S/C12H14N4S/c1-10(12-5-3-7-17-12)16-15-9-11(8-14)4-2-6-13/h3,5,7,11,15H,2,4,9H2,1H3. The van der Waals surface area contributed by atoms with Crippen LogP contribution in [0.5, 0.6) is 0 Å². The van der Waals surface area contributed by atoms with Crippen LogP contribution in [-0.4, -0.2) is 12.3 Å². The van der Waals surface area contributed by atoms with Gasteiger partial charge < -0.3 is 5.43 Å². The van der Waals surface area contributed by atoms with E-state index in [0.717, 1.165) is 10.6 Å². The molecule has 0 radical (unpaired) electrons. The Kier molecular flexibility index (Phi) is 5.77. The molecule has 0 aliphatic carbocycles. The predicted molar refractivity (Wildman–Crippen MR) is 68.5 cm³/mol. The second kappa shape index (κ2) is 7.43. The van der Waals surface area contributed by atoms with Crippen molar-refractivity contribution >= 4 is 17.0 Å². The molecule has 0 spiro atoms. The fraction of sp³-hybridized carbons (Fsp3) is 0.417.